The Hall–Kier alpha value is -2.58. The Balaban J connectivity index is 1.92. The summed E-state index contributed by atoms with van der Waals surface area (Å²) < 4.78 is 84.8. The number of amides is 1. The number of halogens is 3. The van der Waals surface area contributed by atoms with Gasteiger partial charge in [-0.1, -0.05) is 39.8 Å². The lowest BCUT2D eigenvalue weighted by molar-refractivity contribution is -0.163. The molecular weight excluding hydrogens is 559 g/mol. The van der Waals surface area contributed by atoms with Gasteiger partial charge in [0.1, 0.15) is 12.4 Å². The molecule has 1 aromatic rings. The Morgan fingerprint density at radius 3 is 2.15 bits per heavy atom. The van der Waals surface area contributed by atoms with E-state index in [0.717, 1.165) is 23.0 Å². The lowest BCUT2D eigenvalue weighted by Crippen LogP contribution is -2.65. The molecule has 2 heterocycles. The van der Waals surface area contributed by atoms with Crippen molar-refractivity contribution in [3.63, 3.8) is 0 Å². The number of nitrogens with zero attached hydrogens (tertiary/aromatic N) is 1. The molecule has 0 spiro atoms. The third-order valence-electron chi connectivity index (χ3n) is 7.67. The summed E-state index contributed by atoms with van der Waals surface area (Å²) in [6.07, 6.45) is -0.595. The normalized spacial score (nSPS) is 22.3. The van der Waals surface area contributed by atoms with Gasteiger partial charge in [-0.3, -0.25) is 9.69 Å². The van der Waals surface area contributed by atoms with Crippen molar-refractivity contribution in [3.05, 3.63) is 41.3 Å². The van der Waals surface area contributed by atoms with Crippen LogP contribution in [0, 0.1) is 11.8 Å². The van der Waals surface area contributed by atoms with Gasteiger partial charge in [-0.25, -0.2) is 4.79 Å². The second kappa shape index (κ2) is 11.5. The molecule has 0 unspecified atom stereocenters. The minimum absolute atomic E-state index is 0.284. The summed E-state index contributed by atoms with van der Waals surface area (Å²) in [7, 11) is -6.79. The molecule has 39 heavy (non-hydrogen) atoms. The van der Waals surface area contributed by atoms with Gasteiger partial charge < -0.3 is 18.1 Å². The number of hydrogen-bond acceptors (Lipinski definition) is 8. The molecule has 1 amide bonds. The van der Waals surface area contributed by atoms with E-state index < -0.39 is 71.3 Å². The zero-order valence-electron chi connectivity index (χ0n) is 22.7. The highest BCUT2D eigenvalue weighted by molar-refractivity contribution is 7.87. The lowest BCUT2D eigenvalue weighted by Gasteiger charge is -2.49. The van der Waals surface area contributed by atoms with Crippen molar-refractivity contribution in [2.45, 2.75) is 77.0 Å². The molecule has 1 saturated heterocycles. The molecule has 1 fully saturated rings. The summed E-state index contributed by atoms with van der Waals surface area (Å²) in [5.74, 6) is -3.79. The third-order valence-corrected chi connectivity index (χ3v) is 13.4. The molecule has 0 aromatic heterocycles. The van der Waals surface area contributed by atoms with E-state index in [1.165, 1.54) is 14.0 Å². The molecule has 3 rings (SSSR count). The van der Waals surface area contributed by atoms with Gasteiger partial charge in [0.2, 0.25) is 5.91 Å². The monoisotopic (exact) mass is 593 g/mol. The molecule has 4 atom stereocenters. The smallest absolute Gasteiger partial charge is 0.497 e. The van der Waals surface area contributed by atoms with Crippen molar-refractivity contribution >= 4 is 30.3 Å². The van der Waals surface area contributed by atoms with Crippen LogP contribution in [0.1, 0.15) is 40.2 Å². The zero-order valence-corrected chi connectivity index (χ0v) is 24.5. The van der Waals surface area contributed by atoms with Crippen LogP contribution in [0.5, 0.6) is 5.75 Å². The van der Waals surface area contributed by atoms with E-state index in [9.17, 15) is 31.2 Å². The number of carbonyl (C=O) groups excluding carboxylic acids is 2. The molecule has 2 aliphatic rings. The van der Waals surface area contributed by atoms with Gasteiger partial charge in [0.25, 0.3) is 0 Å². The first-order valence-corrected chi connectivity index (χ1v) is 16.7. The maximum atomic E-state index is 13.3. The second-order valence-corrected chi connectivity index (χ2v) is 16.0. The molecule has 0 N–H and O–H groups in total. The van der Waals surface area contributed by atoms with E-state index in [-0.39, 0.29) is 6.61 Å². The van der Waals surface area contributed by atoms with Gasteiger partial charge in [-0.05, 0) is 42.8 Å². The van der Waals surface area contributed by atoms with Gasteiger partial charge in [0.15, 0.2) is 19.8 Å². The lowest BCUT2D eigenvalue weighted by atomic mass is 9.79. The average molecular weight is 594 g/mol. The average Bonchev–Trinajstić information content (AvgIpc) is 3.13. The van der Waals surface area contributed by atoms with Crippen LogP contribution < -0.4 is 4.74 Å². The van der Waals surface area contributed by atoms with Gasteiger partial charge in [0.05, 0.1) is 25.2 Å². The molecule has 0 bridgehead atoms. The minimum Gasteiger partial charge on any atom is -0.497 e. The highest BCUT2D eigenvalue weighted by Gasteiger charge is 2.63. The quantitative estimate of drug-likeness (QED) is 0.113. The van der Waals surface area contributed by atoms with Crippen LogP contribution in [-0.4, -0.2) is 58.3 Å². The van der Waals surface area contributed by atoms with E-state index in [2.05, 4.69) is 4.18 Å². The number of alkyl halides is 3. The van der Waals surface area contributed by atoms with E-state index in [0.29, 0.717) is 11.3 Å². The fourth-order valence-corrected chi connectivity index (χ4v) is 8.68. The Labute approximate surface area is 227 Å². The first kappa shape index (κ1) is 31.0. The van der Waals surface area contributed by atoms with Crippen LogP contribution >= 0.6 is 0 Å². The number of esters is 1. The maximum absolute atomic E-state index is 13.3. The second-order valence-electron chi connectivity index (χ2n) is 9.70. The minimum atomic E-state index is -6.11. The Kier molecular flexibility index (Phi) is 9.12. The number of β-lactam (4-membered cyclic amide) rings is 1. The van der Waals surface area contributed by atoms with Crippen LogP contribution in [0.3, 0.4) is 0 Å². The SMILES string of the molecule is CC[Si](CC)(CC)O[C@H](C)[C@H]1C(=O)N2C(C(=O)OCc3ccc(OC)cc3)=C(OS(=O)(=O)C(F)(F)F)[C@H](C)[C@H]12. The van der Waals surface area contributed by atoms with Crippen molar-refractivity contribution in [2.24, 2.45) is 11.8 Å². The Morgan fingerprint density at radius 1 is 1.10 bits per heavy atom. The van der Waals surface area contributed by atoms with E-state index in [1.54, 1.807) is 31.2 Å². The highest BCUT2D eigenvalue weighted by atomic mass is 32.2. The number of carbonyl (C=O) groups is 2. The third kappa shape index (κ3) is 5.82. The summed E-state index contributed by atoms with van der Waals surface area (Å²) in [6, 6.07) is 8.09. The molecule has 218 valence electrons. The molecule has 0 aliphatic carbocycles. The molecular formula is C25H34F3NO8SSi. The van der Waals surface area contributed by atoms with Crippen molar-refractivity contribution in [3.8, 4) is 5.75 Å². The van der Waals surface area contributed by atoms with Crippen LogP contribution in [0.4, 0.5) is 13.2 Å². The molecule has 9 nitrogen and oxygen atoms in total. The van der Waals surface area contributed by atoms with Crippen LogP contribution in [-0.2, 0) is 39.7 Å². The van der Waals surface area contributed by atoms with Gasteiger partial charge >= 0.3 is 21.6 Å². The van der Waals surface area contributed by atoms with Gasteiger partial charge in [0, 0.05) is 5.92 Å². The number of fused-ring (bicyclic) bond motifs is 1. The zero-order chi connectivity index (χ0) is 29.3. The van der Waals surface area contributed by atoms with Crippen molar-refractivity contribution in [2.75, 3.05) is 7.11 Å². The predicted octanol–water partition coefficient (Wildman–Crippen LogP) is 4.70. The molecule has 1 aromatic carbocycles. The first-order chi connectivity index (χ1) is 18.2. The van der Waals surface area contributed by atoms with Crippen LogP contribution in [0.2, 0.25) is 18.1 Å². The van der Waals surface area contributed by atoms with Crippen molar-refractivity contribution in [1.82, 2.24) is 4.90 Å². The topological polar surface area (TPSA) is 108 Å². The Bertz CT molecular complexity index is 1210. The Morgan fingerprint density at radius 2 is 1.67 bits per heavy atom. The largest absolute Gasteiger partial charge is 0.534 e. The van der Waals surface area contributed by atoms with Crippen molar-refractivity contribution in [1.29, 1.82) is 0 Å². The molecule has 14 heteroatoms. The summed E-state index contributed by atoms with van der Waals surface area (Å²) >= 11 is 0. The number of ether oxygens (including phenoxy) is 2. The molecule has 2 aliphatic heterocycles. The fraction of sp³-hybridized carbons (Fsp3) is 0.600. The van der Waals surface area contributed by atoms with E-state index in [1.807, 2.05) is 20.8 Å². The van der Waals surface area contributed by atoms with E-state index >= 15 is 0 Å². The number of hydrogen-bond donors (Lipinski definition) is 0. The number of benzene rings is 1. The number of rotatable bonds is 12. The summed E-state index contributed by atoms with van der Waals surface area (Å²) in [6.45, 7) is 8.91. The molecule has 0 saturated carbocycles. The highest BCUT2D eigenvalue weighted by Crippen LogP contribution is 2.50. The van der Waals surface area contributed by atoms with Gasteiger partial charge in [-0.15, -0.1) is 0 Å². The van der Waals surface area contributed by atoms with Crippen molar-refractivity contribution < 1.29 is 49.3 Å². The number of methoxy groups -OCH3 is 1. The summed E-state index contributed by atoms with van der Waals surface area (Å²) in [5.41, 5.74) is -5.84. The standard InChI is InChI=1S/C25H34F3NO8SSi/c1-7-39(8-2,9-3)37-16(5)19-20-15(4)22(36-38(32,33)25(26,27)28)21(29(20)23(19)30)24(31)35-14-17-10-12-18(34-6)13-11-17/h10-13,15-16,19-20H,7-9,14H2,1-6H3/t15-,16-,19-,20-/m1/s1. The summed E-state index contributed by atoms with van der Waals surface area (Å²) in [5, 5.41) is 0. The first-order valence-electron chi connectivity index (χ1n) is 12.7. The predicted molar refractivity (Wildman–Crippen MR) is 137 cm³/mol. The summed E-state index contributed by atoms with van der Waals surface area (Å²) in [4.78, 5) is 27.4. The maximum Gasteiger partial charge on any atom is 0.534 e. The van der Waals surface area contributed by atoms with Gasteiger partial charge in [-0.2, -0.15) is 21.6 Å². The molecule has 0 radical (unpaired) electrons. The van der Waals surface area contributed by atoms with Crippen LogP contribution in [0.15, 0.2) is 35.7 Å². The van der Waals surface area contributed by atoms with Crippen LogP contribution in [0.25, 0.3) is 0 Å². The van der Waals surface area contributed by atoms with E-state index in [4.69, 9.17) is 13.9 Å². The fourth-order valence-electron chi connectivity index (χ4n) is 5.18.